The monoisotopic (exact) mass is 440 g/mol. The van der Waals surface area contributed by atoms with Gasteiger partial charge in [-0.05, 0) is 43.5 Å². The molecule has 0 bridgehead atoms. The van der Waals surface area contributed by atoms with Gasteiger partial charge in [0, 0.05) is 27.6 Å². The van der Waals surface area contributed by atoms with Crippen molar-refractivity contribution in [3.8, 4) is 45.3 Å². The van der Waals surface area contributed by atoms with E-state index in [1.807, 2.05) is 12.1 Å². The number of hydrogen-bond acceptors (Lipinski definition) is 2. The number of aryl methyl sites for hydroxylation is 2. The van der Waals surface area contributed by atoms with Crippen molar-refractivity contribution in [3.63, 3.8) is 0 Å². The number of benzene rings is 4. The van der Waals surface area contributed by atoms with Gasteiger partial charge in [0.05, 0.1) is 0 Å². The third-order valence-corrected chi connectivity index (χ3v) is 6.32. The molecule has 4 aromatic carbocycles. The maximum atomic E-state index is 6.35. The lowest BCUT2D eigenvalue weighted by Gasteiger charge is -2.09. The van der Waals surface area contributed by atoms with Crippen molar-refractivity contribution < 1.29 is 8.83 Å². The molecule has 0 amide bonds. The van der Waals surface area contributed by atoms with Gasteiger partial charge in [0.2, 0.25) is 0 Å². The molecule has 0 saturated carbocycles. The van der Waals surface area contributed by atoms with E-state index in [9.17, 15) is 0 Å². The largest absolute Gasteiger partial charge is 0.456 e. The van der Waals surface area contributed by atoms with Crippen LogP contribution in [0.5, 0.6) is 0 Å². The third kappa shape index (κ3) is 3.64. The zero-order valence-corrected chi connectivity index (χ0v) is 19.2. The van der Waals surface area contributed by atoms with Crippen LogP contribution in [-0.2, 0) is 0 Å². The van der Waals surface area contributed by atoms with Crippen molar-refractivity contribution in [2.24, 2.45) is 0 Å². The van der Waals surface area contributed by atoms with Crippen molar-refractivity contribution in [2.75, 3.05) is 0 Å². The summed E-state index contributed by atoms with van der Waals surface area (Å²) in [6.07, 6.45) is 0. The summed E-state index contributed by atoms with van der Waals surface area (Å²) in [6.45, 7) is 4.18. The maximum Gasteiger partial charge on any atom is 0.135 e. The van der Waals surface area contributed by atoms with Crippen LogP contribution in [0.25, 0.3) is 56.1 Å². The van der Waals surface area contributed by atoms with Crippen molar-refractivity contribution in [2.45, 2.75) is 13.8 Å². The Morgan fingerprint density at radius 3 is 1.26 bits per heavy atom. The first-order valence-corrected chi connectivity index (χ1v) is 11.5. The molecule has 0 spiro atoms. The molecular formula is C32H24O2. The van der Waals surface area contributed by atoms with Gasteiger partial charge in [-0.15, -0.1) is 0 Å². The molecule has 2 heterocycles. The lowest BCUT2D eigenvalue weighted by atomic mass is 9.96. The molecule has 2 aromatic heterocycles. The maximum absolute atomic E-state index is 6.35. The summed E-state index contributed by atoms with van der Waals surface area (Å²) >= 11 is 0. The van der Waals surface area contributed by atoms with Gasteiger partial charge < -0.3 is 8.83 Å². The van der Waals surface area contributed by atoms with E-state index in [4.69, 9.17) is 8.83 Å². The molecule has 0 radical (unpaired) electrons. The highest BCUT2D eigenvalue weighted by Gasteiger charge is 2.16. The number of rotatable bonds is 4. The van der Waals surface area contributed by atoms with E-state index >= 15 is 0 Å². The summed E-state index contributed by atoms with van der Waals surface area (Å²) < 4.78 is 12.7. The summed E-state index contributed by atoms with van der Waals surface area (Å²) in [5, 5.41) is 2.27. The Morgan fingerprint density at radius 1 is 0.412 bits per heavy atom. The fourth-order valence-electron chi connectivity index (χ4n) is 4.46. The SMILES string of the molecule is Cc1ccc(-c2ccc(-c3cccc4cccc(-c5ccc(-c6ccc(C)cc6)o5)c34)o2)cc1. The standard InChI is InChI=1S/C32H24O2/c1-21-9-13-23(14-10-21)28-17-19-30(33-28)26-7-3-5-25-6-4-8-27(32(25)26)31-20-18-29(34-31)24-15-11-22(2)12-16-24/h3-20H,1-2H3. The molecule has 34 heavy (non-hydrogen) atoms. The lowest BCUT2D eigenvalue weighted by Crippen LogP contribution is -1.84. The Balaban J connectivity index is 1.46. The van der Waals surface area contributed by atoms with Crippen molar-refractivity contribution in [3.05, 3.63) is 120 Å². The van der Waals surface area contributed by atoms with Crippen LogP contribution < -0.4 is 0 Å². The van der Waals surface area contributed by atoms with Crippen LogP contribution in [0.15, 0.2) is 118 Å². The van der Waals surface area contributed by atoms with Crippen LogP contribution in [0.1, 0.15) is 11.1 Å². The second-order valence-electron chi connectivity index (χ2n) is 8.77. The average molecular weight is 441 g/mol. The molecule has 0 aliphatic carbocycles. The van der Waals surface area contributed by atoms with Gasteiger partial charge in [0.25, 0.3) is 0 Å². The van der Waals surface area contributed by atoms with Gasteiger partial charge in [-0.3, -0.25) is 0 Å². The van der Waals surface area contributed by atoms with Gasteiger partial charge in [0.15, 0.2) is 0 Å². The van der Waals surface area contributed by atoms with E-state index in [1.54, 1.807) is 0 Å². The van der Waals surface area contributed by atoms with E-state index in [1.165, 1.54) is 11.1 Å². The molecule has 0 unspecified atom stereocenters. The Bertz CT molecular complexity index is 1480. The Labute approximate surface area is 199 Å². The highest BCUT2D eigenvalue weighted by Crippen LogP contribution is 2.39. The van der Waals surface area contributed by atoms with E-state index in [0.717, 1.165) is 56.1 Å². The minimum absolute atomic E-state index is 0.846. The zero-order chi connectivity index (χ0) is 23.1. The van der Waals surface area contributed by atoms with Crippen LogP contribution in [0.3, 0.4) is 0 Å². The smallest absolute Gasteiger partial charge is 0.135 e. The van der Waals surface area contributed by atoms with Crippen molar-refractivity contribution >= 4 is 10.8 Å². The second kappa shape index (κ2) is 8.24. The fourth-order valence-corrected chi connectivity index (χ4v) is 4.46. The number of furan rings is 2. The predicted molar refractivity (Wildman–Crippen MR) is 140 cm³/mol. The molecule has 2 nitrogen and oxygen atoms in total. The van der Waals surface area contributed by atoms with Crippen molar-refractivity contribution in [1.29, 1.82) is 0 Å². The van der Waals surface area contributed by atoms with Gasteiger partial charge in [-0.2, -0.15) is 0 Å². The van der Waals surface area contributed by atoms with Crippen LogP contribution >= 0.6 is 0 Å². The van der Waals surface area contributed by atoms with E-state index in [0.29, 0.717) is 0 Å². The minimum Gasteiger partial charge on any atom is -0.456 e. The molecule has 0 N–H and O–H groups in total. The fraction of sp³-hybridized carbons (Fsp3) is 0.0625. The first-order valence-electron chi connectivity index (χ1n) is 11.5. The van der Waals surface area contributed by atoms with Crippen LogP contribution in [0.4, 0.5) is 0 Å². The molecule has 6 rings (SSSR count). The molecule has 2 heteroatoms. The van der Waals surface area contributed by atoms with E-state index in [-0.39, 0.29) is 0 Å². The molecule has 6 aromatic rings. The van der Waals surface area contributed by atoms with Crippen LogP contribution in [0, 0.1) is 13.8 Å². The summed E-state index contributed by atoms with van der Waals surface area (Å²) in [5.74, 6) is 3.42. The average Bonchev–Trinajstić information content (AvgIpc) is 3.55. The third-order valence-electron chi connectivity index (χ3n) is 6.32. The first-order chi connectivity index (χ1) is 16.7. The van der Waals surface area contributed by atoms with Crippen LogP contribution in [0.2, 0.25) is 0 Å². The Hall–Kier alpha value is -4.30. The van der Waals surface area contributed by atoms with E-state index < -0.39 is 0 Å². The predicted octanol–water partition coefficient (Wildman–Crippen LogP) is 9.31. The summed E-state index contributed by atoms with van der Waals surface area (Å²) in [6, 6.07) is 37.7. The molecule has 0 fully saturated rings. The quantitative estimate of drug-likeness (QED) is 0.273. The molecule has 164 valence electrons. The molecule has 0 aliphatic heterocycles. The highest BCUT2D eigenvalue weighted by molar-refractivity contribution is 6.05. The molecule has 0 aliphatic rings. The summed E-state index contributed by atoms with van der Waals surface area (Å²) in [5.41, 5.74) is 6.73. The van der Waals surface area contributed by atoms with Gasteiger partial charge in [-0.1, -0.05) is 96.1 Å². The Kier molecular flexibility index (Phi) is 4.92. The number of fused-ring (bicyclic) bond motifs is 1. The topological polar surface area (TPSA) is 26.3 Å². The van der Waals surface area contributed by atoms with Gasteiger partial charge in [0.1, 0.15) is 23.0 Å². The van der Waals surface area contributed by atoms with E-state index in [2.05, 4.69) is 111 Å². The molecular weight excluding hydrogens is 416 g/mol. The van der Waals surface area contributed by atoms with Gasteiger partial charge in [-0.25, -0.2) is 0 Å². The first kappa shape index (κ1) is 20.3. The van der Waals surface area contributed by atoms with Crippen LogP contribution in [-0.4, -0.2) is 0 Å². The minimum atomic E-state index is 0.846. The van der Waals surface area contributed by atoms with Crippen molar-refractivity contribution in [1.82, 2.24) is 0 Å². The van der Waals surface area contributed by atoms with Gasteiger partial charge >= 0.3 is 0 Å². The normalized spacial score (nSPS) is 11.2. The molecule has 0 saturated heterocycles. The number of hydrogen-bond donors (Lipinski definition) is 0. The summed E-state index contributed by atoms with van der Waals surface area (Å²) in [4.78, 5) is 0. The lowest BCUT2D eigenvalue weighted by molar-refractivity contribution is 0.597. The molecule has 0 atom stereocenters. The second-order valence-corrected chi connectivity index (χ2v) is 8.77. The zero-order valence-electron chi connectivity index (χ0n) is 19.2. The Morgan fingerprint density at radius 2 is 0.824 bits per heavy atom. The summed E-state index contributed by atoms with van der Waals surface area (Å²) in [7, 11) is 0. The highest BCUT2D eigenvalue weighted by atomic mass is 16.3.